The van der Waals surface area contributed by atoms with Crippen LogP contribution >= 0.6 is 0 Å². The van der Waals surface area contributed by atoms with Gasteiger partial charge >= 0.3 is 0 Å². The number of aliphatic hydroxyl groups excluding tert-OH is 1. The van der Waals surface area contributed by atoms with Gasteiger partial charge in [0.1, 0.15) is 0 Å². The fourth-order valence-corrected chi connectivity index (χ4v) is 1.87. The Labute approximate surface area is 62.8 Å². The predicted octanol–water partition coefficient (Wildman–Crippen LogP) is 1.97. The van der Waals surface area contributed by atoms with Crippen LogP contribution in [0.25, 0.3) is 0 Å². The van der Waals surface area contributed by atoms with Gasteiger partial charge in [0.15, 0.2) is 0 Å². The highest BCUT2D eigenvalue weighted by Gasteiger charge is 2.44. The zero-order chi connectivity index (χ0) is 7.72. The second kappa shape index (κ2) is 2.75. The summed E-state index contributed by atoms with van der Waals surface area (Å²) in [5.41, 5.74) is 1.46. The molecule has 0 radical (unpaired) electrons. The molecule has 3 unspecified atom stereocenters. The third-order valence-corrected chi connectivity index (χ3v) is 2.43. The normalized spacial score (nSPS) is 38.2. The fraction of sp³-hybridized carbons (Fsp3) is 0.778. The maximum absolute atomic E-state index is 9.25. The number of allylic oxidation sites excluding steroid dienone is 1. The van der Waals surface area contributed by atoms with E-state index in [2.05, 4.69) is 19.9 Å². The maximum atomic E-state index is 9.25. The van der Waals surface area contributed by atoms with Crippen LogP contribution in [0.2, 0.25) is 0 Å². The van der Waals surface area contributed by atoms with Gasteiger partial charge in [-0.2, -0.15) is 0 Å². The monoisotopic (exact) mass is 140 g/mol. The van der Waals surface area contributed by atoms with Gasteiger partial charge in [0, 0.05) is 5.92 Å². The van der Waals surface area contributed by atoms with E-state index in [1.165, 1.54) is 12.0 Å². The topological polar surface area (TPSA) is 20.2 Å². The van der Waals surface area contributed by atoms with Crippen molar-refractivity contribution in [1.82, 2.24) is 0 Å². The summed E-state index contributed by atoms with van der Waals surface area (Å²) < 4.78 is 0. The Balaban J connectivity index is 2.53. The van der Waals surface area contributed by atoms with Gasteiger partial charge in [-0.15, -0.1) is 0 Å². The first-order valence-electron chi connectivity index (χ1n) is 4.06. The van der Waals surface area contributed by atoms with Crippen molar-refractivity contribution in [2.45, 2.75) is 33.3 Å². The van der Waals surface area contributed by atoms with Crippen LogP contribution in [-0.4, -0.2) is 11.2 Å². The molecule has 0 aromatic heterocycles. The van der Waals surface area contributed by atoms with Crippen LogP contribution in [0.3, 0.4) is 0 Å². The highest BCUT2D eigenvalue weighted by atomic mass is 16.3. The first-order chi connectivity index (χ1) is 4.72. The quantitative estimate of drug-likeness (QED) is 0.581. The Morgan fingerprint density at radius 3 is 2.40 bits per heavy atom. The lowest BCUT2D eigenvalue weighted by Crippen LogP contribution is -2.03. The Morgan fingerprint density at radius 2 is 2.30 bits per heavy atom. The molecule has 0 aromatic carbocycles. The minimum Gasteiger partial charge on any atom is -0.393 e. The SMILES string of the molecule is C/C=C1/C(CC)C1C(C)O. The summed E-state index contributed by atoms with van der Waals surface area (Å²) in [5.74, 6) is 1.17. The zero-order valence-corrected chi connectivity index (χ0v) is 6.96. The molecule has 0 amide bonds. The summed E-state index contributed by atoms with van der Waals surface area (Å²) in [6, 6.07) is 0. The van der Waals surface area contributed by atoms with Crippen LogP contribution in [0.4, 0.5) is 0 Å². The molecule has 1 saturated carbocycles. The summed E-state index contributed by atoms with van der Waals surface area (Å²) in [6.07, 6.45) is 3.18. The number of hydrogen-bond donors (Lipinski definition) is 1. The third kappa shape index (κ3) is 1.10. The molecule has 3 atom stereocenters. The molecule has 0 bridgehead atoms. The van der Waals surface area contributed by atoms with Gasteiger partial charge in [-0.1, -0.05) is 18.6 Å². The number of rotatable bonds is 2. The van der Waals surface area contributed by atoms with Crippen molar-refractivity contribution in [3.05, 3.63) is 11.6 Å². The molecule has 1 aliphatic carbocycles. The van der Waals surface area contributed by atoms with Crippen LogP contribution in [0.1, 0.15) is 27.2 Å². The van der Waals surface area contributed by atoms with Gasteiger partial charge in [-0.25, -0.2) is 0 Å². The second-order valence-electron chi connectivity index (χ2n) is 3.07. The van der Waals surface area contributed by atoms with Gasteiger partial charge < -0.3 is 5.11 Å². The summed E-state index contributed by atoms with van der Waals surface area (Å²) in [5, 5.41) is 9.25. The molecule has 1 nitrogen and oxygen atoms in total. The number of aliphatic hydroxyl groups is 1. The van der Waals surface area contributed by atoms with E-state index in [-0.39, 0.29) is 6.10 Å². The van der Waals surface area contributed by atoms with Crippen molar-refractivity contribution < 1.29 is 5.11 Å². The average Bonchev–Trinajstić information content (AvgIpc) is 2.60. The highest BCUT2D eigenvalue weighted by Crippen LogP contribution is 2.49. The largest absolute Gasteiger partial charge is 0.393 e. The van der Waals surface area contributed by atoms with Crippen LogP contribution in [-0.2, 0) is 0 Å². The van der Waals surface area contributed by atoms with Gasteiger partial charge in [-0.3, -0.25) is 0 Å². The lowest BCUT2D eigenvalue weighted by Gasteiger charge is -1.97. The molecule has 0 spiro atoms. The molecule has 0 heterocycles. The van der Waals surface area contributed by atoms with E-state index in [9.17, 15) is 5.11 Å². The average molecular weight is 140 g/mol. The Morgan fingerprint density at radius 1 is 1.70 bits per heavy atom. The van der Waals surface area contributed by atoms with Crippen LogP contribution in [0.5, 0.6) is 0 Å². The van der Waals surface area contributed by atoms with E-state index in [1.54, 1.807) is 0 Å². The minimum atomic E-state index is -0.142. The predicted molar refractivity (Wildman–Crippen MR) is 42.7 cm³/mol. The highest BCUT2D eigenvalue weighted by molar-refractivity contribution is 5.30. The Kier molecular flexibility index (Phi) is 2.14. The van der Waals surface area contributed by atoms with Gasteiger partial charge in [-0.05, 0) is 26.2 Å². The van der Waals surface area contributed by atoms with Crippen molar-refractivity contribution in [2.24, 2.45) is 11.8 Å². The van der Waals surface area contributed by atoms with Gasteiger partial charge in [0.05, 0.1) is 6.10 Å². The molecule has 1 fully saturated rings. The summed E-state index contributed by atoms with van der Waals surface area (Å²) in [7, 11) is 0. The van der Waals surface area contributed by atoms with Crippen molar-refractivity contribution >= 4 is 0 Å². The Hall–Kier alpha value is -0.300. The molecule has 10 heavy (non-hydrogen) atoms. The molecule has 1 aliphatic rings. The van der Waals surface area contributed by atoms with Crippen molar-refractivity contribution in [3.8, 4) is 0 Å². The molecule has 1 heteroatoms. The summed E-state index contributed by atoms with van der Waals surface area (Å²) >= 11 is 0. The second-order valence-corrected chi connectivity index (χ2v) is 3.07. The van der Waals surface area contributed by atoms with E-state index in [4.69, 9.17) is 0 Å². The summed E-state index contributed by atoms with van der Waals surface area (Å²) in [4.78, 5) is 0. The van der Waals surface area contributed by atoms with E-state index < -0.39 is 0 Å². The smallest absolute Gasteiger partial charge is 0.0583 e. The number of hydrogen-bond acceptors (Lipinski definition) is 1. The van der Waals surface area contributed by atoms with Crippen molar-refractivity contribution in [2.75, 3.05) is 0 Å². The minimum absolute atomic E-state index is 0.142. The van der Waals surface area contributed by atoms with Crippen molar-refractivity contribution in [1.29, 1.82) is 0 Å². The molecule has 0 aromatic rings. The van der Waals surface area contributed by atoms with Crippen LogP contribution in [0.15, 0.2) is 11.6 Å². The van der Waals surface area contributed by atoms with E-state index >= 15 is 0 Å². The standard InChI is InChI=1S/C9H16O/c1-4-7-8(5-2)9(7)6(3)10/h4,6,8-10H,5H2,1-3H3/b7-4-. The lowest BCUT2D eigenvalue weighted by atomic mass is 10.2. The van der Waals surface area contributed by atoms with Crippen molar-refractivity contribution in [3.63, 3.8) is 0 Å². The van der Waals surface area contributed by atoms with E-state index in [0.29, 0.717) is 11.8 Å². The molecule has 1 N–H and O–H groups in total. The Bertz CT molecular complexity index is 147. The van der Waals surface area contributed by atoms with Gasteiger partial charge in [0.2, 0.25) is 0 Å². The summed E-state index contributed by atoms with van der Waals surface area (Å²) in [6.45, 7) is 6.11. The van der Waals surface area contributed by atoms with E-state index in [1.807, 2.05) is 6.92 Å². The molecule has 0 saturated heterocycles. The lowest BCUT2D eigenvalue weighted by molar-refractivity contribution is 0.167. The molecule has 0 aliphatic heterocycles. The molecule has 1 rings (SSSR count). The first kappa shape index (κ1) is 7.80. The molecule has 58 valence electrons. The molecular weight excluding hydrogens is 124 g/mol. The van der Waals surface area contributed by atoms with Crippen LogP contribution < -0.4 is 0 Å². The van der Waals surface area contributed by atoms with E-state index in [0.717, 1.165) is 0 Å². The maximum Gasteiger partial charge on any atom is 0.0583 e. The van der Waals surface area contributed by atoms with Crippen LogP contribution in [0, 0.1) is 11.8 Å². The first-order valence-corrected chi connectivity index (χ1v) is 4.06. The third-order valence-electron chi connectivity index (χ3n) is 2.43. The van der Waals surface area contributed by atoms with Gasteiger partial charge in [0.25, 0.3) is 0 Å². The molecular formula is C9H16O. The fourth-order valence-electron chi connectivity index (χ4n) is 1.87. The zero-order valence-electron chi connectivity index (χ0n) is 6.96.